The fourth-order valence-electron chi connectivity index (χ4n) is 1.64. The van der Waals surface area contributed by atoms with Crippen molar-refractivity contribution in [3.8, 4) is 17.6 Å². The molecule has 2 rings (SSSR count). The summed E-state index contributed by atoms with van der Waals surface area (Å²) in [4.78, 5) is 0. The van der Waals surface area contributed by atoms with Gasteiger partial charge in [0.2, 0.25) is 0 Å². The minimum absolute atomic E-state index is 0.203. The van der Waals surface area contributed by atoms with Crippen molar-refractivity contribution in [1.29, 1.82) is 0 Å². The van der Waals surface area contributed by atoms with Crippen LogP contribution in [0.4, 0.5) is 4.39 Å². The van der Waals surface area contributed by atoms with Crippen molar-refractivity contribution >= 4 is 23.2 Å². The summed E-state index contributed by atoms with van der Waals surface area (Å²) in [6.07, 6.45) is 0. The number of aliphatic hydroxyl groups is 1. The van der Waals surface area contributed by atoms with Gasteiger partial charge in [0.15, 0.2) is 0 Å². The van der Waals surface area contributed by atoms with E-state index in [4.69, 9.17) is 33.0 Å². The van der Waals surface area contributed by atoms with Gasteiger partial charge in [-0.25, -0.2) is 4.39 Å². The van der Waals surface area contributed by atoms with E-state index in [1.165, 1.54) is 6.07 Å². The van der Waals surface area contributed by atoms with Gasteiger partial charge < -0.3 is 9.84 Å². The third-order valence-electron chi connectivity index (χ3n) is 2.62. The number of hydrogen-bond acceptors (Lipinski definition) is 2. The number of ether oxygens (including phenoxy) is 1. The Morgan fingerprint density at radius 2 is 1.95 bits per heavy atom. The van der Waals surface area contributed by atoms with Crippen LogP contribution >= 0.6 is 23.2 Å². The summed E-state index contributed by atoms with van der Waals surface area (Å²) in [5.74, 6) is 4.96. The molecule has 108 valence electrons. The van der Waals surface area contributed by atoms with Crippen molar-refractivity contribution in [2.75, 3.05) is 6.61 Å². The van der Waals surface area contributed by atoms with E-state index >= 15 is 0 Å². The van der Waals surface area contributed by atoms with E-state index in [-0.39, 0.29) is 18.8 Å². The highest BCUT2D eigenvalue weighted by atomic mass is 35.5. The van der Waals surface area contributed by atoms with Gasteiger partial charge in [0, 0.05) is 11.1 Å². The lowest BCUT2D eigenvalue weighted by atomic mass is 10.1. The van der Waals surface area contributed by atoms with Crippen LogP contribution in [0.25, 0.3) is 0 Å². The van der Waals surface area contributed by atoms with Crippen LogP contribution in [0, 0.1) is 17.7 Å². The molecule has 0 saturated carbocycles. The van der Waals surface area contributed by atoms with Crippen LogP contribution in [0.5, 0.6) is 5.75 Å². The molecule has 0 bridgehead atoms. The standard InChI is InChI=1S/C16H11Cl2FO2/c17-13-4-5-14(18)16(9-13)21-10-11-3-6-15(19)12(8-11)2-1-7-20/h3-6,8-9,20H,7,10H2. The number of halogens is 3. The zero-order valence-electron chi connectivity index (χ0n) is 10.9. The van der Waals surface area contributed by atoms with Crippen molar-refractivity contribution in [3.63, 3.8) is 0 Å². The van der Waals surface area contributed by atoms with Gasteiger partial charge in [-0.1, -0.05) is 41.1 Å². The second kappa shape index (κ2) is 7.33. The molecule has 0 aliphatic rings. The summed E-state index contributed by atoms with van der Waals surface area (Å²) in [7, 11) is 0. The highest BCUT2D eigenvalue weighted by Crippen LogP contribution is 2.28. The first-order valence-electron chi connectivity index (χ1n) is 6.06. The molecular formula is C16H11Cl2FO2. The third-order valence-corrected chi connectivity index (χ3v) is 3.17. The molecule has 0 aliphatic carbocycles. The quantitative estimate of drug-likeness (QED) is 0.863. The van der Waals surface area contributed by atoms with Gasteiger partial charge in [-0.2, -0.15) is 0 Å². The Bertz CT molecular complexity index is 705. The van der Waals surface area contributed by atoms with Crippen LogP contribution in [0.2, 0.25) is 10.0 Å². The normalized spacial score (nSPS) is 9.90. The molecule has 2 aromatic carbocycles. The molecule has 1 N–H and O–H groups in total. The zero-order chi connectivity index (χ0) is 15.2. The lowest BCUT2D eigenvalue weighted by Crippen LogP contribution is -1.97. The maximum atomic E-state index is 13.5. The SMILES string of the molecule is OCC#Cc1cc(COc2cc(Cl)ccc2Cl)ccc1F. The van der Waals surface area contributed by atoms with Gasteiger partial charge in [-0.05, 0) is 29.8 Å². The monoisotopic (exact) mass is 324 g/mol. The van der Waals surface area contributed by atoms with E-state index < -0.39 is 5.82 Å². The number of hydrogen-bond donors (Lipinski definition) is 1. The number of rotatable bonds is 3. The van der Waals surface area contributed by atoms with Gasteiger partial charge in [-0.15, -0.1) is 0 Å². The van der Waals surface area contributed by atoms with E-state index in [2.05, 4.69) is 11.8 Å². The molecule has 0 atom stereocenters. The van der Waals surface area contributed by atoms with Crippen molar-refractivity contribution < 1.29 is 14.2 Å². The van der Waals surface area contributed by atoms with Crippen LogP contribution in [-0.2, 0) is 6.61 Å². The molecule has 0 unspecified atom stereocenters. The third kappa shape index (κ3) is 4.37. The van der Waals surface area contributed by atoms with E-state index in [0.717, 1.165) is 5.56 Å². The van der Waals surface area contributed by atoms with E-state index in [1.807, 2.05) is 0 Å². The molecular weight excluding hydrogens is 314 g/mol. The summed E-state index contributed by atoms with van der Waals surface area (Å²) >= 11 is 11.9. The molecule has 5 heteroatoms. The van der Waals surface area contributed by atoms with E-state index in [0.29, 0.717) is 15.8 Å². The molecule has 0 aliphatic heterocycles. The van der Waals surface area contributed by atoms with E-state index in [9.17, 15) is 4.39 Å². The summed E-state index contributed by atoms with van der Waals surface area (Å²) < 4.78 is 19.1. The molecule has 2 aromatic rings. The van der Waals surface area contributed by atoms with Gasteiger partial charge >= 0.3 is 0 Å². The Labute approximate surface area is 132 Å². The summed E-state index contributed by atoms with van der Waals surface area (Å²) in [6.45, 7) is -0.119. The molecule has 0 saturated heterocycles. The summed E-state index contributed by atoms with van der Waals surface area (Å²) in [5.41, 5.74) is 0.942. The van der Waals surface area contributed by atoms with Crippen LogP contribution < -0.4 is 4.74 Å². The maximum absolute atomic E-state index is 13.5. The smallest absolute Gasteiger partial charge is 0.139 e. The first-order chi connectivity index (χ1) is 10.1. The molecule has 2 nitrogen and oxygen atoms in total. The molecule has 0 aromatic heterocycles. The second-order valence-corrected chi connectivity index (χ2v) is 4.98. The van der Waals surface area contributed by atoms with Crippen LogP contribution in [0.1, 0.15) is 11.1 Å². The van der Waals surface area contributed by atoms with Crippen molar-refractivity contribution in [2.45, 2.75) is 6.61 Å². The largest absolute Gasteiger partial charge is 0.487 e. The molecule has 0 fully saturated rings. The lowest BCUT2D eigenvalue weighted by Gasteiger charge is -2.09. The Morgan fingerprint density at radius 3 is 2.71 bits per heavy atom. The summed E-state index contributed by atoms with van der Waals surface area (Å²) in [5, 5.41) is 9.61. The Morgan fingerprint density at radius 1 is 1.14 bits per heavy atom. The fourth-order valence-corrected chi connectivity index (χ4v) is 1.98. The molecule has 21 heavy (non-hydrogen) atoms. The Balaban J connectivity index is 2.15. The average molecular weight is 325 g/mol. The minimum Gasteiger partial charge on any atom is -0.487 e. The lowest BCUT2D eigenvalue weighted by molar-refractivity contribution is 0.306. The molecule has 0 radical (unpaired) electrons. The first-order valence-corrected chi connectivity index (χ1v) is 6.82. The summed E-state index contributed by atoms with van der Waals surface area (Å²) in [6, 6.07) is 9.38. The predicted molar refractivity (Wildman–Crippen MR) is 81.2 cm³/mol. The first kappa shape index (κ1) is 15.7. The second-order valence-electron chi connectivity index (χ2n) is 4.14. The predicted octanol–water partition coefficient (Wildman–Crippen LogP) is 4.06. The topological polar surface area (TPSA) is 29.5 Å². The molecule has 0 amide bonds. The van der Waals surface area contributed by atoms with Gasteiger partial charge in [-0.3, -0.25) is 0 Å². The van der Waals surface area contributed by atoms with Gasteiger partial charge in [0.05, 0.1) is 10.6 Å². The molecule has 0 heterocycles. The average Bonchev–Trinajstić information content (AvgIpc) is 2.48. The number of benzene rings is 2. The highest BCUT2D eigenvalue weighted by Gasteiger charge is 2.05. The van der Waals surface area contributed by atoms with Crippen LogP contribution in [0.3, 0.4) is 0 Å². The van der Waals surface area contributed by atoms with Crippen LogP contribution in [-0.4, -0.2) is 11.7 Å². The van der Waals surface area contributed by atoms with Crippen molar-refractivity contribution in [2.24, 2.45) is 0 Å². The fraction of sp³-hybridized carbons (Fsp3) is 0.125. The minimum atomic E-state index is -0.444. The maximum Gasteiger partial charge on any atom is 0.139 e. The van der Waals surface area contributed by atoms with Gasteiger partial charge in [0.1, 0.15) is 24.8 Å². The highest BCUT2D eigenvalue weighted by molar-refractivity contribution is 6.34. The molecule has 0 spiro atoms. The Hall–Kier alpha value is -1.73. The van der Waals surface area contributed by atoms with E-state index in [1.54, 1.807) is 30.3 Å². The van der Waals surface area contributed by atoms with Crippen molar-refractivity contribution in [1.82, 2.24) is 0 Å². The zero-order valence-corrected chi connectivity index (χ0v) is 12.4. The number of aliphatic hydroxyl groups excluding tert-OH is 1. The Kier molecular flexibility index (Phi) is 5.46. The van der Waals surface area contributed by atoms with Crippen LogP contribution in [0.15, 0.2) is 36.4 Å². The van der Waals surface area contributed by atoms with Gasteiger partial charge in [0.25, 0.3) is 0 Å². The van der Waals surface area contributed by atoms with Crippen molar-refractivity contribution in [3.05, 3.63) is 63.4 Å².